The smallest absolute Gasteiger partial charge is 0.335 e. The van der Waals surface area contributed by atoms with Crippen LogP contribution in [-0.2, 0) is 4.79 Å². The molecule has 5 heteroatoms. The van der Waals surface area contributed by atoms with Crippen molar-refractivity contribution < 1.29 is 19.8 Å². The average Bonchev–Trinajstić information content (AvgIpc) is 2.15. The van der Waals surface area contributed by atoms with Crippen molar-refractivity contribution in [3.05, 3.63) is 29.8 Å². The van der Waals surface area contributed by atoms with Crippen LogP contribution in [0.4, 0.5) is 5.69 Å². The van der Waals surface area contributed by atoms with Crippen LogP contribution in [0.5, 0.6) is 0 Å². The van der Waals surface area contributed by atoms with Crippen LogP contribution >= 0.6 is 0 Å². The molecule has 0 saturated heterocycles. The maximum Gasteiger partial charge on any atom is 0.335 e. The number of carbonyl (C=O) groups is 2. The lowest BCUT2D eigenvalue weighted by Gasteiger charge is -2.03. The molecule has 0 fully saturated rings. The summed E-state index contributed by atoms with van der Waals surface area (Å²) < 4.78 is 0. The molecule has 0 aliphatic heterocycles. The number of hydrogen-bond donors (Lipinski definition) is 3. The third-order valence-corrected chi connectivity index (χ3v) is 1.55. The lowest BCUT2D eigenvalue weighted by atomic mass is 10.2. The number of nitrogens with one attached hydrogen (secondary N) is 1. The fourth-order valence-corrected chi connectivity index (χ4v) is 0.940. The van der Waals surface area contributed by atoms with Gasteiger partial charge in [-0.05, 0) is 18.2 Å². The van der Waals surface area contributed by atoms with E-state index in [0.717, 1.165) is 0 Å². The van der Waals surface area contributed by atoms with Crippen LogP contribution in [0.2, 0.25) is 0 Å². The highest BCUT2D eigenvalue weighted by atomic mass is 16.4. The summed E-state index contributed by atoms with van der Waals surface area (Å²) in [4.78, 5) is 20.8. The first-order valence-corrected chi connectivity index (χ1v) is 3.88. The topological polar surface area (TPSA) is 86.6 Å². The average molecular weight is 195 g/mol. The van der Waals surface area contributed by atoms with Crippen molar-refractivity contribution in [2.75, 3.05) is 11.9 Å². The lowest BCUT2D eigenvalue weighted by Crippen LogP contribution is -2.12. The lowest BCUT2D eigenvalue weighted by molar-refractivity contribution is -0.134. The summed E-state index contributed by atoms with van der Waals surface area (Å²) in [5, 5.41) is 19.6. The maximum absolute atomic E-state index is 10.5. The molecule has 0 unspecified atom stereocenters. The van der Waals surface area contributed by atoms with Crippen molar-refractivity contribution in [2.24, 2.45) is 0 Å². The second-order valence-corrected chi connectivity index (χ2v) is 2.63. The van der Waals surface area contributed by atoms with Gasteiger partial charge in [-0.2, -0.15) is 0 Å². The molecule has 0 amide bonds. The number of hydrogen-bond acceptors (Lipinski definition) is 3. The fourth-order valence-electron chi connectivity index (χ4n) is 0.940. The van der Waals surface area contributed by atoms with E-state index >= 15 is 0 Å². The zero-order chi connectivity index (χ0) is 10.6. The number of aromatic carboxylic acids is 1. The highest BCUT2D eigenvalue weighted by molar-refractivity contribution is 5.89. The van der Waals surface area contributed by atoms with Gasteiger partial charge in [0.2, 0.25) is 0 Å². The standard InChI is InChI=1S/C9H9NO4/c11-8(12)5-10-7-3-1-2-6(4-7)9(13)14/h1-4,10H,5H2,(H,11,12)(H,13,14). The molecule has 0 aromatic heterocycles. The van der Waals surface area contributed by atoms with Crippen molar-refractivity contribution in [1.82, 2.24) is 0 Å². The fraction of sp³-hybridized carbons (Fsp3) is 0.111. The number of carboxylic acid groups (broad SMARTS) is 2. The summed E-state index contributed by atoms with van der Waals surface area (Å²) >= 11 is 0. The molecule has 74 valence electrons. The van der Waals surface area contributed by atoms with Crippen LogP contribution in [0.1, 0.15) is 10.4 Å². The molecule has 1 rings (SSSR count). The molecular formula is C9H9NO4. The Morgan fingerprint density at radius 1 is 1.29 bits per heavy atom. The van der Waals surface area contributed by atoms with Crippen LogP contribution in [0.25, 0.3) is 0 Å². The van der Waals surface area contributed by atoms with Crippen LogP contribution in [0, 0.1) is 0 Å². The van der Waals surface area contributed by atoms with E-state index in [-0.39, 0.29) is 12.1 Å². The van der Waals surface area contributed by atoms with Gasteiger partial charge in [0.1, 0.15) is 6.54 Å². The second kappa shape index (κ2) is 4.27. The van der Waals surface area contributed by atoms with Crippen molar-refractivity contribution in [3.8, 4) is 0 Å². The summed E-state index contributed by atoms with van der Waals surface area (Å²) in [6, 6.07) is 5.97. The molecule has 3 N–H and O–H groups in total. The highest BCUT2D eigenvalue weighted by Gasteiger charge is 2.03. The van der Waals surface area contributed by atoms with E-state index < -0.39 is 11.9 Å². The largest absolute Gasteiger partial charge is 0.480 e. The normalized spacial score (nSPS) is 9.43. The van der Waals surface area contributed by atoms with Crippen molar-refractivity contribution in [2.45, 2.75) is 0 Å². The van der Waals surface area contributed by atoms with Crippen LogP contribution < -0.4 is 5.32 Å². The Balaban J connectivity index is 2.73. The van der Waals surface area contributed by atoms with E-state index in [1.807, 2.05) is 0 Å². The Hall–Kier alpha value is -2.04. The van der Waals surface area contributed by atoms with Gasteiger partial charge < -0.3 is 15.5 Å². The molecule has 5 nitrogen and oxygen atoms in total. The molecule has 0 saturated carbocycles. The summed E-state index contributed by atoms with van der Waals surface area (Å²) in [5.41, 5.74) is 0.604. The number of anilines is 1. The molecule has 0 aliphatic rings. The molecular weight excluding hydrogens is 186 g/mol. The number of aliphatic carboxylic acids is 1. The number of benzene rings is 1. The Morgan fingerprint density at radius 3 is 2.57 bits per heavy atom. The van der Waals surface area contributed by atoms with Crippen LogP contribution in [0.15, 0.2) is 24.3 Å². The summed E-state index contributed by atoms with van der Waals surface area (Å²) in [6.07, 6.45) is 0. The molecule has 0 spiro atoms. The van der Waals surface area contributed by atoms with E-state index in [1.165, 1.54) is 12.1 Å². The van der Waals surface area contributed by atoms with E-state index in [4.69, 9.17) is 10.2 Å². The Labute approximate surface area is 80.0 Å². The molecule has 1 aromatic rings. The van der Waals surface area contributed by atoms with Gasteiger partial charge in [-0.25, -0.2) is 4.79 Å². The molecule has 0 atom stereocenters. The van der Waals surface area contributed by atoms with Gasteiger partial charge in [0, 0.05) is 5.69 Å². The van der Waals surface area contributed by atoms with Gasteiger partial charge >= 0.3 is 11.9 Å². The third kappa shape index (κ3) is 2.78. The molecule has 0 radical (unpaired) electrons. The minimum atomic E-state index is -1.04. The SMILES string of the molecule is O=C(O)CNc1cccc(C(=O)O)c1. The second-order valence-electron chi connectivity index (χ2n) is 2.63. The van der Waals surface area contributed by atoms with Crippen LogP contribution in [0.3, 0.4) is 0 Å². The van der Waals surface area contributed by atoms with E-state index in [0.29, 0.717) is 5.69 Å². The van der Waals surface area contributed by atoms with Crippen molar-refractivity contribution in [1.29, 1.82) is 0 Å². The Kier molecular flexibility index (Phi) is 3.06. The summed E-state index contributed by atoms with van der Waals surface area (Å²) in [5.74, 6) is -2.03. The van der Waals surface area contributed by atoms with Gasteiger partial charge in [0.05, 0.1) is 5.56 Å². The Morgan fingerprint density at radius 2 is 2.00 bits per heavy atom. The first-order chi connectivity index (χ1) is 6.59. The minimum Gasteiger partial charge on any atom is -0.480 e. The minimum absolute atomic E-state index is 0.125. The molecule has 1 aromatic carbocycles. The number of carboxylic acids is 2. The number of rotatable bonds is 4. The molecule has 0 heterocycles. The molecule has 0 bridgehead atoms. The van der Waals surface area contributed by atoms with Crippen molar-refractivity contribution >= 4 is 17.6 Å². The monoisotopic (exact) mass is 195 g/mol. The first kappa shape index (κ1) is 10.0. The van der Waals surface area contributed by atoms with E-state index in [1.54, 1.807) is 12.1 Å². The quantitative estimate of drug-likeness (QED) is 0.663. The third-order valence-electron chi connectivity index (χ3n) is 1.55. The van der Waals surface area contributed by atoms with Gasteiger partial charge in [-0.1, -0.05) is 6.07 Å². The zero-order valence-electron chi connectivity index (χ0n) is 7.23. The van der Waals surface area contributed by atoms with E-state index in [9.17, 15) is 9.59 Å². The predicted molar refractivity (Wildman–Crippen MR) is 49.5 cm³/mol. The highest BCUT2D eigenvalue weighted by Crippen LogP contribution is 2.09. The van der Waals surface area contributed by atoms with Gasteiger partial charge in [-0.15, -0.1) is 0 Å². The van der Waals surface area contributed by atoms with Crippen molar-refractivity contribution in [3.63, 3.8) is 0 Å². The summed E-state index contributed by atoms with van der Waals surface area (Å²) in [7, 11) is 0. The van der Waals surface area contributed by atoms with Crippen LogP contribution in [-0.4, -0.2) is 28.7 Å². The van der Waals surface area contributed by atoms with E-state index in [2.05, 4.69) is 5.32 Å². The Bertz CT molecular complexity index is 362. The molecule has 0 aliphatic carbocycles. The maximum atomic E-state index is 10.5. The summed E-state index contributed by atoms with van der Waals surface area (Å²) in [6.45, 7) is -0.233. The predicted octanol–water partition coefficient (Wildman–Crippen LogP) is 0.881. The first-order valence-electron chi connectivity index (χ1n) is 3.88. The van der Waals surface area contributed by atoms with Gasteiger partial charge in [-0.3, -0.25) is 4.79 Å². The van der Waals surface area contributed by atoms with Gasteiger partial charge in [0.25, 0.3) is 0 Å². The zero-order valence-corrected chi connectivity index (χ0v) is 7.23. The molecule has 14 heavy (non-hydrogen) atoms. The van der Waals surface area contributed by atoms with Gasteiger partial charge in [0.15, 0.2) is 0 Å².